The predicted octanol–water partition coefficient (Wildman–Crippen LogP) is 1.70. The number of hydrogen-bond donors (Lipinski definition) is 0. The first-order valence-electron chi connectivity index (χ1n) is 6.35. The largest absolute Gasteiger partial charge is 0.490 e. The minimum absolute atomic E-state index is 0.118. The molecule has 0 amide bonds. The number of carbonyl (C=O) groups excluding carboxylic acids is 2. The molecule has 1 heterocycles. The van der Waals surface area contributed by atoms with Crippen molar-refractivity contribution in [2.75, 3.05) is 13.2 Å². The lowest BCUT2D eigenvalue weighted by atomic mass is 10.1. The van der Waals surface area contributed by atoms with Crippen LogP contribution in [0, 0.1) is 11.7 Å². The zero-order valence-corrected chi connectivity index (χ0v) is 11.0. The van der Waals surface area contributed by atoms with E-state index in [1.165, 1.54) is 24.3 Å². The molecule has 1 aliphatic rings. The molecule has 1 unspecified atom stereocenters. The van der Waals surface area contributed by atoms with Crippen molar-refractivity contribution in [2.24, 2.45) is 5.92 Å². The third-order valence-corrected chi connectivity index (χ3v) is 2.89. The monoisotopic (exact) mass is 282 g/mol. The molecule has 0 spiro atoms. The molecule has 0 saturated carbocycles. The van der Waals surface area contributed by atoms with Crippen molar-refractivity contribution in [3.63, 3.8) is 0 Å². The predicted molar refractivity (Wildman–Crippen MR) is 66.5 cm³/mol. The van der Waals surface area contributed by atoms with E-state index in [4.69, 9.17) is 14.2 Å². The number of esters is 2. The van der Waals surface area contributed by atoms with Gasteiger partial charge in [0.1, 0.15) is 24.3 Å². The van der Waals surface area contributed by atoms with E-state index < -0.39 is 24.0 Å². The summed E-state index contributed by atoms with van der Waals surface area (Å²) in [5.74, 6) is -1.91. The van der Waals surface area contributed by atoms with Crippen molar-refractivity contribution in [3.05, 3.63) is 30.1 Å². The van der Waals surface area contributed by atoms with Crippen LogP contribution in [0.25, 0.3) is 0 Å². The van der Waals surface area contributed by atoms with Gasteiger partial charge in [-0.2, -0.15) is 0 Å². The van der Waals surface area contributed by atoms with Gasteiger partial charge in [-0.25, -0.2) is 4.39 Å². The van der Waals surface area contributed by atoms with Crippen molar-refractivity contribution >= 4 is 11.9 Å². The van der Waals surface area contributed by atoms with Crippen LogP contribution in [0.15, 0.2) is 24.3 Å². The number of cyclic esters (lactones) is 1. The molecule has 0 radical (unpaired) electrons. The molecule has 1 aromatic rings. The zero-order chi connectivity index (χ0) is 14.5. The van der Waals surface area contributed by atoms with Crippen LogP contribution in [-0.2, 0) is 19.1 Å². The molecule has 1 saturated heterocycles. The Kier molecular flexibility index (Phi) is 4.55. The van der Waals surface area contributed by atoms with Crippen LogP contribution in [0.3, 0.4) is 0 Å². The van der Waals surface area contributed by atoms with Crippen LogP contribution in [0.4, 0.5) is 4.39 Å². The molecule has 108 valence electrons. The standard InChI is InChI=1S/C14H15FO5/c1-2-18-13(16)12-7-11(20-14(12)17)8-19-10-5-3-9(15)4-6-10/h3-6,11-12H,2,7-8H2,1H3/t11-,12?/m0/s1. The molecular weight excluding hydrogens is 267 g/mol. The van der Waals surface area contributed by atoms with Gasteiger partial charge in [0.05, 0.1) is 6.61 Å². The lowest BCUT2D eigenvalue weighted by molar-refractivity contribution is -0.156. The Morgan fingerprint density at radius 3 is 2.75 bits per heavy atom. The molecule has 1 aliphatic heterocycles. The lowest BCUT2D eigenvalue weighted by Crippen LogP contribution is -2.21. The Morgan fingerprint density at radius 2 is 2.10 bits per heavy atom. The quantitative estimate of drug-likeness (QED) is 0.607. The fourth-order valence-corrected chi connectivity index (χ4v) is 1.91. The highest BCUT2D eigenvalue weighted by molar-refractivity contribution is 5.96. The summed E-state index contributed by atoms with van der Waals surface area (Å²) in [7, 11) is 0. The van der Waals surface area contributed by atoms with Crippen LogP contribution in [0.2, 0.25) is 0 Å². The van der Waals surface area contributed by atoms with Gasteiger partial charge < -0.3 is 14.2 Å². The summed E-state index contributed by atoms with van der Waals surface area (Å²) in [6.45, 7) is 2.01. The number of carbonyl (C=O) groups is 2. The molecule has 1 fully saturated rings. The average molecular weight is 282 g/mol. The smallest absolute Gasteiger partial charge is 0.320 e. The van der Waals surface area contributed by atoms with E-state index in [-0.39, 0.29) is 25.5 Å². The molecule has 6 heteroatoms. The van der Waals surface area contributed by atoms with Gasteiger partial charge in [-0.3, -0.25) is 9.59 Å². The van der Waals surface area contributed by atoms with E-state index in [0.717, 1.165) is 0 Å². The van der Waals surface area contributed by atoms with Gasteiger partial charge in [0.25, 0.3) is 0 Å². The van der Waals surface area contributed by atoms with E-state index in [0.29, 0.717) is 5.75 Å². The lowest BCUT2D eigenvalue weighted by Gasteiger charge is -2.10. The van der Waals surface area contributed by atoms with Crippen molar-refractivity contribution in [2.45, 2.75) is 19.4 Å². The van der Waals surface area contributed by atoms with E-state index in [2.05, 4.69) is 0 Å². The van der Waals surface area contributed by atoms with Gasteiger partial charge >= 0.3 is 11.9 Å². The topological polar surface area (TPSA) is 61.8 Å². The molecule has 0 N–H and O–H groups in total. The summed E-state index contributed by atoms with van der Waals surface area (Å²) in [5.41, 5.74) is 0. The van der Waals surface area contributed by atoms with Crippen molar-refractivity contribution in [3.8, 4) is 5.75 Å². The Hall–Kier alpha value is -2.11. The van der Waals surface area contributed by atoms with E-state index in [1.807, 2.05) is 0 Å². The van der Waals surface area contributed by atoms with Crippen molar-refractivity contribution in [1.82, 2.24) is 0 Å². The number of hydrogen-bond acceptors (Lipinski definition) is 5. The Morgan fingerprint density at radius 1 is 1.40 bits per heavy atom. The van der Waals surface area contributed by atoms with Gasteiger partial charge in [0, 0.05) is 6.42 Å². The van der Waals surface area contributed by atoms with Crippen LogP contribution in [0.1, 0.15) is 13.3 Å². The van der Waals surface area contributed by atoms with Crippen LogP contribution in [0.5, 0.6) is 5.75 Å². The van der Waals surface area contributed by atoms with Gasteiger partial charge in [0.15, 0.2) is 5.92 Å². The summed E-state index contributed by atoms with van der Waals surface area (Å²) < 4.78 is 27.9. The highest BCUT2D eigenvalue weighted by atomic mass is 19.1. The molecule has 2 rings (SSSR count). The first-order chi connectivity index (χ1) is 9.60. The maximum Gasteiger partial charge on any atom is 0.320 e. The van der Waals surface area contributed by atoms with Gasteiger partial charge in [0.2, 0.25) is 0 Å². The summed E-state index contributed by atoms with van der Waals surface area (Å²) in [4.78, 5) is 23.0. The maximum atomic E-state index is 12.7. The summed E-state index contributed by atoms with van der Waals surface area (Å²) >= 11 is 0. The van der Waals surface area contributed by atoms with E-state index in [1.54, 1.807) is 6.92 Å². The minimum Gasteiger partial charge on any atom is -0.490 e. The first-order valence-corrected chi connectivity index (χ1v) is 6.35. The summed E-state index contributed by atoms with van der Waals surface area (Å²) in [5, 5.41) is 0. The van der Waals surface area contributed by atoms with Crippen LogP contribution < -0.4 is 4.74 Å². The SMILES string of the molecule is CCOC(=O)C1C[C@@H](COc2ccc(F)cc2)OC1=O. The molecule has 1 aromatic carbocycles. The number of rotatable bonds is 5. The maximum absolute atomic E-state index is 12.7. The molecular formula is C14H15FO5. The van der Waals surface area contributed by atoms with Crippen molar-refractivity contribution < 1.29 is 28.2 Å². The fraction of sp³-hybridized carbons (Fsp3) is 0.429. The number of benzene rings is 1. The molecule has 20 heavy (non-hydrogen) atoms. The molecule has 2 atom stereocenters. The van der Waals surface area contributed by atoms with Crippen molar-refractivity contribution in [1.29, 1.82) is 0 Å². The fourth-order valence-electron chi connectivity index (χ4n) is 1.91. The first kappa shape index (κ1) is 14.3. The van der Waals surface area contributed by atoms with Gasteiger partial charge in [-0.1, -0.05) is 0 Å². The average Bonchev–Trinajstić information content (AvgIpc) is 2.80. The Bertz CT molecular complexity index is 485. The van der Waals surface area contributed by atoms with E-state index in [9.17, 15) is 14.0 Å². The van der Waals surface area contributed by atoms with E-state index >= 15 is 0 Å². The Balaban J connectivity index is 1.85. The highest BCUT2D eigenvalue weighted by Gasteiger charge is 2.40. The van der Waals surface area contributed by atoms with Crippen LogP contribution in [-0.4, -0.2) is 31.3 Å². The second kappa shape index (κ2) is 6.36. The third kappa shape index (κ3) is 3.46. The summed E-state index contributed by atoms with van der Waals surface area (Å²) in [6.07, 6.45) is -0.263. The second-order valence-electron chi connectivity index (χ2n) is 4.36. The highest BCUT2D eigenvalue weighted by Crippen LogP contribution is 2.23. The number of halogens is 1. The number of ether oxygens (including phenoxy) is 3. The zero-order valence-electron chi connectivity index (χ0n) is 11.0. The molecule has 0 bridgehead atoms. The molecule has 0 aliphatic carbocycles. The minimum atomic E-state index is -0.878. The molecule has 0 aromatic heterocycles. The summed E-state index contributed by atoms with van der Waals surface area (Å²) in [6, 6.07) is 5.51. The Labute approximate surface area is 115 Å². The third-order valence-electron chi connectivity index (χ3n) is 2.89. The van der Waals surface area contributed by atoms with Gasteiger partial charge in [-0.05, 0) is 31.2 Å². The molecule has 5 nitrogen and oxygen atoms in total. The normalized spacial score (nSPS) is 21.4. The van der Waals surface area contributed by atoms with Crippen LogP contribution >= 0.6 is 0 Å². The van der Waals surface area contributed by atoms with Gasteiger partial charge in [-0.15, -0.1) is 0 Å². The second-order valence-corrected chi connectivity index (χ2v) is 4.36.